The van der Waals surface area contributed by atoms with Crippen LogP contribution in [0.15, 0.2) is 60.8 Å². The van der Waals surface area contributed by atoms with Crippen LogP contribution in [0.2, 0.25) is 0 Å². The molecule has 0 aliphatic carbocycles. The normalized spacial score (nSPS) is 12.4. The van der Waals surface area contributed by atoms with Crippen molar-refractivity contribution in [2.45, 2.75) is 335 Å². The van der Waals surface area contributed by atoms with E-state index in [0.717, 1.165) is 89.9 Å². The van der Waals surface area contributed by atoms with Gasteiger partial charge in [-0.2, -0.15) is 0 Å². The Morgan fingerprint density at radius 3 is 0.877 bits per heavy atom. The average Bonchev–Trinajstić information content (AvgIpc) is 3.39. The summed E-state index contributed by atoms with van der Waals surface area (Å²) in [6, 6.07) is 0. The zero-order chi connectivity index (χ0) is 52.9. The van der Waals surface area contributed by atoms with Gasteiger partial charge in [-0.15, -0.1) is 0 Å². The van der Waals surface area contributed by atoms with Crippen LogP contribution in [0, 0.1) is 0 Å². The number of ether oxygens (including phenoxy) is 3. The molecule has 0 aromatic heterocycles. The Morgan fingerprint density at radius 2 is 0.534 bits per heavy atom. The summed E-state index contributed by atoms with van der Waals surface area (Å²) >= 11 is 0. The van der Waals surface area contributed by atoms with E-state index >= 15 is 0 Å². The van der Waals surface area contributed by atoms with E-state index in [1.165, 1.54) is 199 Å². The van der Waals surface area contributed by atoms with Gasteiger partial charge in [-0.3, -0.25) is 14.4 Å². The van der Waals surface area contributed by atoms with Gasteiger partial charge < -0.3 is 14.2 Å². The summed E-state index contributed by atoms with van der Waals surface area (Å²) in [5, 5.41) is 0. The fourth-order valence-electron chi connectivity index (χ4n) is 9.25. The van der Waals surface area contributed by atoms with Gasteiger partial charge in [0.2, 0.25) is 0 Å². The third-order valence-electron chi connectivity index (χ3n) is 14.0. The molecule has 0 saturated heterocycles. The lowest BCUT2D eigenvalue weighted by molar-refractivity contribution is -0.167. The molecule has 1 atom stereocenters. The Hall–Kier alpha value is -2.89. The number of allylic oxidation sites excluding steroid dienone is 10. The molecule has 0 radical (unpaired) electrons. The third-order valence-corrected chi connectivity index (χ3v) is 14.0. The van der Waals surface area contributed by atoms with Crippen molar-refractivity contribution < 1.29 is 28.6 Å². The summed E-state index contributed by atoms with van der Waals surface area (Å²) in [5.41, 5.74) is 0. The SMILES string of the molecule is CC/C=C\C/C=C\C/C=C\C/C=C\CCCCCCCCCCCCCCCCCCCCC(=O)OCC(COC(=O)CCCCCCCCCCCCCC)OC(=O)CCCCCCC/C=C\CCCCC. The van der Waals surface area contributed by atoms with Gasteiger partial charge in [0, 0.05) is 19.3 Å². The first-order valence-electron chi connectivity index (χ1n) is 31.8. The molecule has 424 valence electrons. The summed E-state index contributed by atoms with van der Waals surface area (Å²) in [5.74, 6) is -0.865. The van der Waals surface area contributed by atoms with E-state index in [4.69, 9.17) is 14.2 Å². The van der Waals surface area contributed by atoms with Gasteiger partial charge >= 0.3 is 17.9 Å². The van der Waals surface area contributed by atoms with Gasteiger partial charge in [-0.1, -0.05) is 287 Å². The molecule has 0 rings (SSSR count). The van der Waals surface area contributed by atoms with Crippen molar-refractivity contribution >= 4 is 17.9 Å². The van der Waals surface area contributed by atoms with Crippen LogP contribution < -0.4 is 0 Å². The molecule has 0 heterocycles. The fraction of sp³-hybridized carbons (Fsp3) is 0.806. The van der Waals surface area contributed by atoms with E-state index in [0.29, 0.717) is 19.3 Å². The molecule has 0 saturated carbocycles. The predicted molar refractivity (Wildman–Crippen MR) is 316 cm³/mol. The molecule has 0 bridgehead atoms. The van der Waals surface area contributed by atoms with E-state index in [-0.39, 0.29) is 31.1 Å². The summed E-state index contributed by atoms with van der Waals surface area (Å²) in [7, 11) is 0. The lowest BCUT2D eigenvalue weighted by atomic mass is 10.0. The highest BCUT2D eigenvalue weighted by Crippen LogP contribution is 2.17. The van der Waals surface area contributed by atoms with E-state index in [2.05, 4.69) is 81.5 Å². The molecule has 6 heteroatoms. The first-order chi connectivity index (χ1) is 36.0. The first-order valence-corrected chi connectivity index (χ1v) is 31.8. The zero-order valence-electron chi connectivity index (χ0n) is 48.7. The fourth-order valence-corrected chi connectivity index (χ4v) is 9.25. The number of hydrogen-bond donors (Lipinski definition) is 0. The highest BCUT2D eigenvalue weighted by atomic mass is 16.6. The van der Waals surface area contributed by atoms with Crippen molar-refractivity contribution in [1.29, 1.82) is 0 Å². The molecule has 0 amide bonds. The second-order valence-electron chi connectivity index (χ2n) is 21.3. The maximum Gasteiger partial charge on any atom is 0.306 e. The van der Waals surface area contributed by atoms with Gasteiger partial charge in [0.05, 0.1) is 0 Å². The van der Waals surface area contributed by atoms with Crippen LogP contribution in [-0.4, -0.2) is 37.2 Å². The second-order valence-corrected chi connectivity index (χ2v) is 21.3. The number of hydrogen-bond acceptors (Lipinski definition) is 6. The van der Waals surface area contributed by atoms with Gasteiger partial charge in [-0.05, 0) is 83.5 Å². The van der Waals surface area contributed by atoms with Gasteiger partial charge in [0.1, 0.15) is 13.2 Å². The van der Waals surface area contributed by atoms with Crippen LogP contribution in [0.25, 0.3) is 0 Å². The Balaban J connectivity index is 4.08. The molecule has 73 heavy (non-hydrogen) atoms. The second kappa shape index (κ2) is 61.7. The number of rotatable bonds is 58. The minimum Gasteiger partial charge on any atom is -0.462 e. The Morgan fingerprint density at radius 1 is 0.288 bits per heavy atom. The highest BCUT2D eigenvalue weighted by Gasteiger charge is 2.19. The molecular weight excluding hydrogens is 901 g/mol. The molecule has 0 aromatic rings. The van der Waals surface area contributed by atoms with E-state index in [9.17, 15) is 14.4 Å². The highest BCUT2D eigenvalue weighted by molar-refractivity contribution is 5.71. The molecular formula is C67H120O6. The molecule has 1 unspecified atom stereocenters. The standard InChI is InChI=1S/C67H120O6/c1-4-7-10-13-16-19-22-25-26-27-28-29-30-31-32-33-34-35-36-37-38-39-40-41-42-43-46-48-51-54-57-60-66(69)72-63-64(73-67(70)61-58-55-52-49-45-24-21-18-15-12-9-6-3)62-71-65(68)59-56-53-50-47-44-23-20-17-14-11-8-5-2/h7,10,16,18-19,21,25-26,28-29,64H,4-6,8-9,11-15,17,20,22-24,27,30-63H2,1-3H3/b10-7-,19-16-,21-18-,26-25-,29-28-. The van der Waals surface area contributed by atoms with Crippen LogP contribution in [0.4, 0.5) is 0 Å². The quantitative estimate of drug-likeness (QED) is 0.0261. The molecule has 0 spiro atoms. The lowest BCUT2D eigenvalue weighted by Gasteiger charge is -2.18. The van der Waals surface area contributed by atoms with Crippen molar-refractivity contribution in [3.8, 4) is 0 Å². The van der Waals surface area contributed by atoms with Gasteiger partial charge in [-0.25, -0.2) is 0 Å². The van der Waals surface area contributed by atoms with Crippen molar-refractivity contribution in [2.24, 2.45) is 0 Å². The van der Waals surface area contributed by atoms with Crippen molar-refractivity contribution in [3.05, 3.63) is 60.8 Å². The van der Waals surface area contributed by atoms with Crippen LogP contribution in [0.3, 0.4) is 0 Å². The number of esters is 3. The van der Waals surface area contributed by atoms with E-state index < -0.39 is 6.10 Å². The lowest BCUT2D eigenvalue weighted by Crippen LogP contribution is -2.30. The van der Waals surface area contributed by atoms with Crippen LogP contribution in [0.1, 0.15) is 329 Å². The Bertz CT molecular complexity index is 1310. The van der Waals surface area contributed by atoms with Crippen molar-refractivity contribution in [2.75, 3.05) is 13.2 Å². The molecule has 0 aliphatic heterocycles. The Kier molecular flexibility index (Phi) is 59.2. The first kappa shape index (κ1) is 70.1. The molecule has 0 N–H and O–H groups in total. The van der Waals surface area contributed by atoms with Gasteiger partial charge in [0.15, 0.2) is 6.10 Å². The zero-order valence-corrected chi connectivity index (χ0v) is 48.7. The molecule has 6 nitrogen and oxygen atoms in total. The summed E-state index contributed by atoms with van der Waals surface area (Å²) in [4.78, 5) is 38.1. The van der Waals surface area contributed by atoms with Crippen molar-refractivity contribution in [3.63, 3.8) is 0 Å². The smallest absolute Gasteiger partial charge is 0.306 e. The Labute approximate surface area is 453 Å². The number of unbranched alkanes of at least 4 members (excludes halogenated alkanes) is 37. The minimum absolute atomic E-state index is 0.0721. The summed E-state index contributed by atoms with van der Waals surface area (Å²) in [6.45, 7) is 6.53. The van der Waals surface area contributed by atoms with E-state index in [1.54, 1.807) is 0 Å². The van der Waals surface area contributed by atoms with Crippen molar-refractivity contribution in [1.82, 2.24) is 0 Å². The third kappa shape index (κ3) is 59.9. The van der Waals surface area contributed by atoms with Crippen LogP contribution >= 0.6 is 0 Å². The topological polar surface area (TPSA) is 78.9 Å². The molecule has 0 aliphatic rings. The molecule has 0 aromatic carbocycles. The number of carbonyl (C=O) groups excluding carboxylic acids is 3. The van der Waals surface area contributed by atoms with E-state index in [1.807, 2.05) is 0 Å². The van der Waals surface area contributed by atoms with Crippen LogP contribution in [-0.2, 0) is 28.6 Å². The number of carbonyl (C=O) groups is 3. The van der Waals surface area contributed by atoms with Gasteiger partial charge in [0.25, 0.3) is 0 Å². The summed E-state index contributed by atoms with van der Waals surface area (Å²) < 4.78 is 16.9. The monoisotopic (exact) mass is 1020 g/mol. The molecule has 0 fully saturated rings. The largest absolute Gasteiger partial charge is 0.462 e. The maximum atomic E-state index is 12.8. The maximum absolute atomic E-state index is 12.8. The summed E-state index contributed by atoms with van der Waals surface area (Å²) in [6.07, 6.45) is 78.2. The minimum atomic E-state index is -0.773. The van der Waals surface area contributed by atoms with Crippen LogP contribution in [0.5, 0.6) is 0 Å². The predicted octanol–water partition coefficient (Wildman–Crippen LogP) is 21.6. The average molecular weight is 1020 g/mol.